The molecule has 0 amide bonds. The Balaban J connectivity index is 0.00000156. The largest absolute Gasteiger partial charge is 1.00 e. The first-order chi connectivity index (χ1) is 10.8. The van der Waals surface area contributed by atoms with E-state index < -0.39 is 21.3 Å². The molecule has 0 radical (unpaired) electrons. The Morgan fingerprint density at radius 2 is 1.55 bits per heavy atom. The standard InChI is InChI=1S/C13H9.C5H5.C3H6.Zr.H/c1-3-7-12-10(5-1)9-11-6-2-4-8-13(11)12;1-2-4-5-3-1;1-3-2;;/h1-9H;1-3H,4H2;1-2H3;;/q;;;;-1. The van der Waals surface area contributed by atoms with E-state index in [1.165, 1.54) is 17.5 Å². The molecule has 4 rings (SSSR count). The predicted octanol–water partition coefficient (Wildman–Crippen LogP) is 5.54. The molecule has 2 aliphatic carbocycles. The molecule has 0 nitrogen and oxygen atoms in total. The van der Waals surface area contributed by atoms with Crippen LogP contribution in [-0.2, 0) is 21.3 Å². The van der Waals surface area contributed by atoms with E-state index in [-0.39, 0.29) is 1.43 Å². The van der Waals surface area contributed by atoms with Gasteiger partial charge in [0.1, 0.15) is 0 Å². The van der Waals surface area contributed by atoms with Crippen LogP contribution >= 0.6 is 0 Å². The molecule has 2 aromatic rings. The number of rotatable bonds is 2. The van der Waals surface area contributed by atoms with Crippen LogP contribution in [0.2, 0.25) is 0 Å². The maximum atomic E-state index is 2.41. The van der Waals surface area contributed by atoms with Gasteiger partial charge >= 0.3 is 141 Å². The summed E-state index contributed by atoms with van der Waals surface area (Å²) in [5, 5.41) is 0. The SMILES string of the molecule is C[C](C)=[Zr]([C]1=CC=CC1)[CH]1c2ccccc2-c2ccccc21.[H-]. The normalized spacial score (nSPS) is 15.5. The van der Waals surface area contributed by atoms with E-state index in [4.69, 9.17) is 0 Å². The van der Waals surface area contributed by atoms with Crippen molar-refractivity contribution in [2.24, 2.45) is 0 Å². The van der Waals surface area contributed by atoms with Crippen molar-refractivity contribution in [2.45, 2.75) is 23.9 Å². The van der Waals surface area contributed by atoms with Crippen LogP contribution in [0.25, 0.3) is 11.1 Å². The third kappa shape index (κ3) is 2.18. The monoisotopic (exact) mass is 363 g/mol. The maximum absolute atomic E-state index is 2.41. The molecule has 0 bridgehead atoms. The molecule has 0 atom stereocenters. The zero-order valence-corrected chi connectivity index (χ0v) is 15.6. The minimum atomic E-state index is -1.87. The van der Waals surface area contributed by atoms with Crippen molar-refractivity contribution in [3.63, 3.8) is 0 Å². The minimum Gasteiger partial charge on any atom is -1.00 e. The van der Waals surface area contributed by atoms with E-state index in [0.29, 0.717) is 3.63 Å². The molecule has 0 saturated carbocycles. The molecule has 2 aliphatic rings. The molecule has 110 valence electrons. The topological polar surface area (TPSA) is 0 Å². The molecule has 0 fully saturated rings. The van der Waals surface area contributed by atoms with Gasteiger partial charge in [-0.25, -0.2) is 0 Å². The fourth-order valence-electron chi connectivity index (χ4n) is 3.91. The molecule has 0 saturated heterocycles. The summed E-state index contributed by atoms with van der Waals surface area (Å²) in [5.41, 5.74) is 6.09. The summed E-state index contributed by atoms with van der Waals surface area (Å²) < 4.78 is 4.11. The van der Waals surface area contributed by atoms with Crippen LogP contribution in [0.4, 0.5) is 0 Å². The van der Waals surface area contributed by atoms with Gasteiger partial charge in [-0.1, -0.05) is 0 Å². The van der Waals surface area contributed by atoms with Gasteiger partial charge in [0.25, 0.3) is 0 Å². The van der Waals surface area contributed by atoms with Crippen LogP contribution in [0.1, 0.15) is 36.4 Å². The van der Waals surface area contributed by atoms with Gasteiger partial charge in [0.05, 0.1) is 0 Å². The van der Waals surface area contributed by atoms with Crippen LogP contribution in [0.3, 0.4) is 0 Å². The average molecular weight is 365 g/mol. The number of allylic oxidation sites excluding steroid dienone is 4. The van der Waals surface area contributed by atoms with Crippen LogP contribution in [0.5, 0.6) is 0 Å². The summed E-state index contributed by atoms with van der Waals surface area (Å²) in [6, 6.07) is 18.1. The van der Waals surface area contributed by atoms with Crippen LogP contribution in [0.15, 0.2) is 70.0 Å². The van der Waals surface area contributed by atoms with Crippen molar-refractivity contribution in [2.75, 3.05) is 0 Å². The summed E-state index contributed by atoms with van der Waals surface area (Å²) >= 11 is -1.87. The fourth-order valence-corrected chi connectivity index (χ4v) is 12.1. The molecule has 1 heteroatoms. The second kappa shape index (κ2) is 5.71. The van der Waals surface area contributed by atoms with Crippen LogP contribution in [-0.4, -0.2) is 3.21 Å². The van der Waals surface area contributed by atoms with Gasteiger partial charge in [-0.3, -0.25) is 0 Å². The molecular formula is C21H21Zr-. The van der Waals surface area contributed by atoms with Crippen molar-refractivity contribution in [3.05, 3.63) is 81.2 Å². The number of benzene rings is 2. The molecule has 0 aliphatic heterocycles. The van der Waals surface area contributed by atoms with E-state index >= 15 is 0 Å². The first-order valence-electron chi connectivity index (χ1n) is 7.99. The first kappa shape index (κ1) is 14.3. The Labute approximate surface area is 141 Å². The molecule has 0 heterocycles. The van der Waals surface area contributed by atoms with Crippen LogP contribution < -0.4 is 0 Å². The van der Waals surface area contributed by atoms with E-state index in [1.807, 2.05) is 0 Å². The Hall–Kier alpha value is -1.33. The number of hydrogen-bond donors (Lipinski definition) is 0. The third-order valence-electron chi connectivity index (χ3n) is 4.78. The van der Waals surface area contributed by atoms with Crippen molar-refractivity contribution in [3.8, 4) is 11.1 Å². The number of fused-ring (bicyclic) bond motifs is 3. The molecule has 0 N–H and O–H groups in total. The molecule has 0 spiro atoms. The second-order valence-corrected chi connectivity index (χ2v) is 13.8. The van der Waals surface area contributed by atoms with Gasteiger partial charge in [-0.2, -0.15) is 0 Å². The second-order valence-electron chi connectivity index (χ2n) is 6.35. The Bertz CT molecular complexity index is 793. The Kier molecular flexibility index (Phi) is 3.70. The van der Waals surface area contributed by atoms with E-state index in [2.05, 4.69) is 80.6 Å². The smallest absolute Gasteiger partial charge is 1.00 e. The number of hydrogen-bond acceptors (Lipinski definition) is 0. The zero-order valence-electron chi connectivity index (χ0n) is 14.1. The fraction of sp³-hybridized carbons (Fsp3) is 0.190. The van der Waals surface area contributed by atoms with Crippen molar-refractivity contribution < 1.29 is 22.7 Å². The Morgan fingerprint density at radius 1 is 0.955 bits per heavy atom. The van der Waals surface area contributed by atoms with Gasteiger partial charge in [0.2, 0.25) is 0 Å². The van der Waals surface area contributed by atoms with Crippen molar-refractivity contribution in [1.82, 2.24) is 0 Å². The summed E-state index contributed by atoms with van der Waals surface area (Å²) in [6.07, 6.45) is 8.17. The van der Waals surface area contributed by atoms with Crippen molar-refractivity contribution in [1.29, 1.82) is 0 Å². The van der Waals surface area contributed by atoms with Gasteiger partial charge in [-0.05, 0) is 0 Å². The van der Waals surface area contributed by atoms with E-state index in [0.717, 1.165) is 0 Å². The summed E-state index contributed by atoms with van der Waals surface area (Å²) in [5.74, 6) is 0. The van der Waals surface area contributed by atoms with E-state index in [1.54, 1.807) is 17.6 Å². The molecule has 0 unspecified atom stereocenters. The van der Waals surface area contributed by atoms with Gasteiger partial charge in [0, 0.05) is 0 Å². The summed E-state index contributed by atoms with van der Waals surface area (Å²) in [6.45, 7) is 4.74. The van der Waals surface area contributed by atoms with Gasteiger partial charge < -0.3 is 1.43 Å². The summed E-state index contributed by atoms with van der Waals surface area (Å²) in [7, 11) is 0. The minimum absolute atomic E-state index is 0. The predicted molar refractivity (Wildman–Crippen MR) is 93.0 cm³/mol. The third-order valence-corrected chi connectivity index (χ3v) is 13.0. The summed E-state index contributed by atoms with van der Waals surface area (Å²) in [4.78, 5) is 0. The molecule has 0 aromatic heterocycles. The van der Waals surface area contributed by atoms with Crippen LogP contribution in [0, 0.1) is 0 Å². The molecular weight excluding hydrogens is 343 g/mol. The van der Waals surface area contributed by atoms with Gasteiger partial charge in [0.15, 0.2) is 0 Å². The van der Waals surface area contributed by atoms with Gasteiger partial charge in [-0.15, -0.1) is 0 Å². The van der Waals surface area contributed by atoms with E-state index in [9.17, 15) is 0 Å². The molecule has 22 heavy (non-hydrogen) atoms. The quantitative estimate of drug-likeness (QED) is 0.656. The first-order valence-corrected chi connectivity index (χ1v) is 11.9. The zero-order chi connectivity index (χ0) is 15.1. The average Bonchev–Trinajstić information content (AvgIpc) is 3.16. The van der Waals surface area contributed by atoms with Crippen molar-refractivity contribution >= 4 is 3.21 Å². The Morgan fingerprint density at radius 3 is 2.05 bits per heavy atom. The molecule has 2 aromatic carbocycles. The maximum Gasteiger partial charge on any atom is -1.00 e.